The number of amides is 1. The zero-order valence-corrected chi connectivity index (χ0v) is 16.7. The fourth-order valence-electron chi connectivity index (χ4n) is 3.92. The van der Waals surface area contributed by atoms with E-state index in [0.29, 0.717) is 0 Å². The van der Waals surface area contributed by atoms with Crippen molar-refractivity contribution in [3.63, 3.8) is 0 Å². The van der Waals surface area contributed by atoms with Crippen LogP contribution in [0, 0.1) is 13.8 Å². The van der Waals surface area contributed by atoms with Crippen LogP contribution >= 0.6 is 0 Å². The molecule has 5 heteroatoms. The molecule has 2 aromatic carbocycles. The highest BCUT2D eigenvalue weighted by Crippen LogP contribution is 2.27. The van der Waals surface area contributed by atoms with Crippen LogP contribution in [0.2, 0.25) is 0 Å². The molecule has 0 aliphatic carbocycles. The molecule has 0 spiro atoms. The molecule has 3 aromatic rings. The number of nitrogens with zero attached hydrogens (tertiary/aromatic N) is 4. The molecule has 0 radical (unpaired) electrons. The van der Waals surface area contributed by atoms with E-state index in [2.05, 4.69) is 29.2 Å². The maximum absolute atomic E-state index is 13.3. The highest BCUT2D eigenvalue weighted by Gasteiger charge is 2.30. The third-order valence-electron chi connectivity index (χ3n) is 5.40. The standard InChI is InChI=1S/C23H26N4O/c1-17-15-18(2)27(24-17)21-11-9-20(10-12-21)23(28)26-14-13-25(3)16-22(26)19-7-5-4-6-8-19/h4-12,15,22H,13-14,16H2,1-3H3. The number of piperazine rings is 1. The fraction of sp³-hybridized carbons (Fsp3) is 0.304. The zero-order valence-electron chi connectivity index (χ0n) is 16.7. The summed E-state index contributed by atoms with van der Waals surface area (Å²) in [5.74, 6) is 0.0851. The van der Waals surface area contributed by atoms with Gasteiger partial charge in [-0.2, -0.15) is 5.10 Å². The van der Waals surface area contributed by atoms with E-state index in [1.165, 1.54) is 5.56 Å². The average molecular weight is 374 g/mol. The number of likely N-dealkylation sites (N-methyl/N-ethyl adjacent to an activating group) is 1. The molecule has 2 heterocycles. The van der Waals surface area contributed by atoms with Crippen LogP contribution in [0.1, 0.15) is 33.4 Å². The molecule has 1 unspecified atom stereocenters. The van der Waals surface area contributed by atoms with E-state index in [0.717, 1.165) is 42.3 Å². The van der Waals surface area contributed by atoms with Gasteiger partial charge in [-0.25, -0.2) is 4.68 Å². The van der Waals surface area contributed by atoms with Crippen LogP contribution in [0.15, 0.2) is 60.7 Å². The Hall–Kier alpha value is -2.92. The van der Waals surface area contributed by atoms with Crippen molar-refractivity contribution in [1.82, 2.24) is 19.6 Å². The average Bonchev–Trinajstić information content (AvgIpc) is 3.06. The van der Waals surface area contributed by atoms with Crippen LogP contribution in [0.3, 0.4) is 0 Å². The topological polar surface area (TPSA) is 41.4 Å². The summed E-state index contributed by atoms with van der Waals surface area (Å²) in [6, 6.07) is 20.2. The summed E-state index contributed by atoms with van der Waals surface area (Å²) < 4.78 is 1.91. The van der Waals surface area contributed by atoms with Gasteiger partial charge in [-0.3, -0.25) is 4.79 Å². The van der Waals surface area contributed by atoms with Gasteiger partial charge in [0.15, 0.2) is 0 Å². The Kier molecular flexibility index (Phi) is 5.01. The Morgan fingerprint density at radius 1 is 1.00 bits per heavy atom. The van der Waals surface area contributed by atoms with E-state index in [9.17, 15) is 4.79 Å². The highest BCUT2D eigenvalue weighted by molar-refractivity contribution is 5.94. The minimum Gasteiger partial charge on any atom is -0.329 e. The van der Waals surface area contributed by atoms with Crippen LogP contribution in [0.5, 0.6) is 0 Å². The number of hydrogen-bond donors (Lipinski definition) is 0. The number of rotatable bonds is 3. The summed E-state index contributed by atoms with van der Waals surface area (Å²) in [5, 5.41) is 4.52. The van der Waals surface area contributed by atoms with Gasteiger partial charge in [0.25, 0.3) is 5.91 Å². The van der Waals surface area contributed by atoms with Gasteiger partial charge >= 0.3 is 0 Å². The smallest absolute Gasteiger partial charge is 0.254 e. The predicted molar refractivity (Wildman–Crippen MR) is 111 cm³/mol. The molecular formula is C23H26N4O. The van der Waals surface area contributed by atoms with Gasteiger partial charge in [0.2, 0.25) is 0 Å². The van der Waals surface area contributed by atoms with E-state index in [1.54, 1.807) is 0 Å². The SMILES string of the molecule is Cc1cc(C)n(-c2ccc(C(=O)N3CCN(C)CC3c3ccccc3)cc2)n1. The number of benzene rings is 2. The summed E-state index contributed by atoms with van der Waals surface area (Å²) in [6.45, 7) is 6.48. The number of aromatic nitrogens is 2. The number of carbonyl (C=O) groups is 1. The summed E-state index contributed by atoms with van der Waals surface area (Å²) in [6.07, 6.45) is 0. The van der Waals surface area contributed by atoms with Gasteiger partial charge in [-0.1, -0.05) is 30.3 Å². The second kappa shape index (κ2) is 7.60. The monoisotopic (exact) mass is 374 g/mol. The molecule has 28 heavy (non-hydrogen) atoms. The molecule has 144 valence electrons. The van der Waals surface area contributed by atoms with Crippen molar-refractivity contribution in [1.29, 1.82) is 0 Å². The molecule has 1 amide bonds. The predicted octanol–water partition coefficient (Wildman–Crippen LogP) is 3.62. The van der Waals surface area contributed by atoms with E-state index in [1.807, 2.05) is 72.0 Å². The molecule has 1 atom stereocenters. The molecule has 1 saturated heterocycles. The van der Waals surface area contributed by atoms with E-state index >= 15 is 0 Å². The molecule has 0 bridgehead atoms. The molecule has 4 rings (SSSR count). The molecule has 1 aromatic heterocycles. The minimum atomic E-state index is 0.0723. The van der Waals surface area contributed by atoms with Crippen molar-refractivity contribution < 1.29 is 4.79 Å². The maximum atomic E-state index is 13.3. The lowest BCUT2D eigenvalue weighted by molar-refractivity contribution is 0.0498. The molecule has 0 saturated carbocycles. The third-order valence-corrected chi connectivity index (χ3v) is 5.40. The first-order chi connectivity index (χ1) is 13.5. The van der Waals surface area contributed by atoms with Crippen LogP contribution in [0.4, 0.5) is 0 Å². The van der Waals surface area contributed by atoms with Crippen molar-refractivity contribution in [2.75, 3.05) is 26.7 Å². The van der Waals surface area contributed by atoms with Crippen LogP contribution in [0.25, 0.3) is 5.69 Å². The first kappa shape index (κ1) is 18.4. The Bertz CT molecular complexity index is 962. The second-order valence-electron chi connectivity index (χ2n) is 7.57. The van der Waals surface area contributed by atoms with Crippen molar-refractivity contribution in [3.05, 3.63) is 83.2 Å². The van der Waals surface area contributed by atoms with E-state index in [-0.39, 0.29) is 11.9 Å². The molecule has 0 N–H and O–H groups in total. The number of hydrogen-bond acceptors (Lipinski definition) is 3. The Balaban J connectivity index is 1.59. The van der Waals surface area contributed by atoms with Gasteiger partial charge in [-0.15, -0.1) is 0 Å². The van der Waals surface area contributed by atoms with Gasteiger partial charge in [0, 0.05) is 30.9 Å². The quantitative estimate of drug-likeness (QED) is 0.703. The van der Waals surface area contributed by atoms with Gasteiger partial charge in [0.1, 0.15) is 0 Å². The van der Waals surface area contributed by atoms with Gasteiger partial charge < -0.3 is 9.80 Å². The van der Waals surface area contributed by atoms with E-state index < -0.39 is 0 Å². The maximum Gasteiger partial charge on any atom is 0.254 e. The summed E-state index contributed by atoms with van der Waals surface area (Å²) in [5.41, 5.74) is 4.94. The lowest BCUT2D eigenvalue weighted by atomic mass is 10.0. The fourth-order valence-corrected chi connectivity index (χ4v) is 3.92. The lowest BCUT2D eigenvalue weighted by Gasteiger charge is -2.40. The van der Waals surface area contributed by atoms with Crippen LogP contribution in [-0.4, -0.2) is 52.2 Å². The van der Waals surface area contributed by atoms with Crippen molar-refractivity contribution in [2.24, 2.45) is 0 Å². The van der Waals surface area contributed by atoms with Crippen molar-refractivity contribution in [3.8, 4) is 5.69 Å². The number of aryl methyl sites for hydroxylation is 2. The summed E-state index contributed by atoms with van der Waals surface area (Å²) >= 11 is 0. The Labute approximate surface area is 166 Å². The zero-order chi connectivity index (χ0) is 19.7. The third kappa shape index (κ3) is 3.58. The molecule has 1 aliphatic rings. The lowest BCUT2D eigenvalue weighted by Crippen LogP contribution is -2.49. The molecule has 1 fully saturated rings. The summed E-state index contributed by atoms with van der Waals surface area (Å²) in [4.78, 5) is 17.6. The first-order valence-corrected chi connectivity index (χ1v) is 9.71. The Morgan fingerprint density at radius 2 is 1.71 bits per heavy atom. The van der Waals surface area contributed by atoms with Crippen molar-refractivity contribution >= 4 is 5.91 Å². The Morgan fingerprint density at radius 3 is 2.36 bits per heavy atom. The van der Waals surface area contributed by atoms with Gasteiger partial charge in [0.05, 0.1) is 17.4 Å². The van der Waals surface area contributed by atoms with Crippen LogP contribution in [-0.2, 0) is 0 Å². The second-order valence-corrected chi connectivity index (χ2v) is 7.57. The largest absolute Gasteiger partial charge is 0.329 e. The summed E-state index contributed by atoms with van der Waals surface area (Å²) in [7, 11) is 2.11. The first-order valence-electron chi connectivity index (χ1n) is 9.71. The molecule has 5 nitrogen and oxygen atoms in total. The van der Waals surface area contributed by atoms with Crippen molar-refractivity contribution in [2.45, 2.75) is 19.9 Å². The normalized spacial score (nSPS) is 17.7. The van der Waals surface area contributed by atoms with Crippen LogP contribution < -0.4 is 0 Å². The molecule has 1 aliphatic heterocycles. The van der Waals surface area contributed by atoms with Gasteiger partial charge in [-0.05, 0) is 56.8 Å². The molecular weight excluding hydrogens is 348 g/mol. The minimum absolute atomic E-state index is 0.0723. The number of carbonyl (C=O) groups excluding carboxylic acids is 1. The highest BCUT2D eigenvalue weighted by atomic mass is 16.2. The van der Waals surface area contributed by atoms with E-state index in [4.69, 9.17) is 0 Å².